The Hall–Kier alpha value is -0.156. The number of alkyl halides is 3. The zero-order chi connectivity index (χ0) is 12.2. The Morgan fingerprint density at radius 3 is 2.39 bits per heavy atom. The van der Waals surface area contributed by atoms with Gasteiger partial charge in [-0.15, -0.1) is 12.4 Å². The van der Waals surface area contributed by atoms with Crippen LogP contribution in [-0.4, -0.2) is 12.6 Å². The van der Waals surface area contributed by atoms with Gasteiger partial charge in [0, 0.05) is 24.6 Å². The summed E-state index contributed by atoms with van der Waals surface area (Å²) in [4.78, 5) is 0. The molecule has 18 heavy (non-hydrogen) atoms. The van der Waals surface area contributed by atoms with Crippen molar-refractivity contribution in [3.63, 3.8) is 0 Å². The van der Waals surface area contributed by atoms with Crippen molar-refractivity contribution in [1.82, 2.24) is 5.32 Å². The Bertz CT molecular complexity index is 344. The van der Waals surface area contributed by atoms with E-state index >= 15 is 0 Å². The minimum atomic E-state index is -4.25. The predicted octanol–water partition coefficient (Wildman–Crippen LogP) is 3.67. The molecule has 1 N–H and O–H groups in total. The van der Waals surface area contributed by atoms with E-state index in [0.29, 0.717) is 12.0 Å². The molecule has 0 unspecified atom stereocenters. The Labute approximate surface area is 124 Å². The molecule has 0 aliphatic heterocycles. The SMILES string of the molecule is CCN[C@@H](C)Cc1cccc(C(F)(F)F)c1.Cl.[V]. The van der Waals surface area contributed by atoms with Crippen LogP contribution < -0.4 is 5.32 Å². The number of hydrogen-bond donors (Lipinski definition) is 1. The van der Waals surface area contributed by atoms with Crippen LogP contribution in [0.1, 0.15) is 25.0 Å². The van der Waals surface area contributed by atoms with Crippen LogP contribution in [0.3, 0.4) is 0 Å². The summed E-state index contributed by atoms with van der Waals surface area (Å²) in [6, 6.07) is 5.68. The van der Waals surface area contributed by atoms with Crippen molar-refractivity contribution in [3.05, 3.63) is 35.4 Å². The van der Waals surface area contributed by atoms with E-state index in [-0.39, 0.29) is 37.0 Å². The topological polar surface area (TPSA) is 12.0 Å². The van der Waals surface area contributed by atoms with Crippen LogP contribution in [0.4, 0.5) is 13.2 Å². The van der Waals surface area contributed by atoms with Crippen LogP contribution in [-0.2, 0) is 31.2 Å². The van der Waals surface area contributed by atoms with Crippen molar-refractivity contribution in [2.24, 2.45) is 0 Å². The molecule has 1 nitrogen and oxygen atoms in total. The van der Waals surface area contributed by atoms with E-state index in [1.165, 1.54) is 12.1 Å². The van der Waals surface area contributed by atoms with Crippen LogP contribution >= 0.6 is 12.4 Å². The molecule has 0 saturated heterocycles. The Kier molecular flexibility index (Phi) is 9.93. The third-order valence-corrected chi connectivity index (χ3v) is 2.35. The second-order valence-corrected chi connectivity index (χ2v) is 3.86. The van der Waals surface area contributed by atoms with E-state index in [2.05, 4.69) is 5.32 Å². The maximum absolute atomic E-state index is 12.4. The largest absolute Gasteiger partial charge is 0.416 e. The summed E-state index contributed by atoms with van der Waals surface area (Å²) in [5, 5.41) is 3.17. The second kappa shape index (κ2) is 8.86. The maximum Gasteiger partial charge on any atom is 0.416 e. The summed E-state index contributed by atoms with van der Waals surface area (Å²) in [6.45, 7) is 4.76. The molecule has 1 aromatic carbocycles. The Morgan fingerprint density at radius 2 is 1.89 bits per heavy atom. The summed E-state index contributed by atoms with van der Waals surface area (Å²) in [5.41, 5.74) is 0.136. The molecule has 0 aliphatic carbocycles. The standard InChI is InChI=1S/C12H16F3N.ClH.V/c1-3-16-9(2)7-10-5-4-6-11(8-10)12(13,14)15;;/h4-6,8-9,16H,3,7H2,1-2H3;1H;/t9-;;/m0../s1. The van der Waals surface area contributed by atoms with Gasteiger partial charge in [-0.2, -0.15) is 13.2 Å². The van der Waals surface area contributed by atoms with Gasteiger partial charge in [0.2, 0.25) is 0 Å². The summed E-state index contributed by atoms with van der Waals surface area (Å²) in [7, 11) is 0. The monoisotopic (exact) mass is 318 g/mol. The second-order valence-electron chi connectivity index (χ2n) is 3.86. The van der Waals surface area contributed by atoms with E-state index in [9.17, 15) is 13.2 Å². The molecule has 1 rings (SSSR count). The summed E-state index contributed by atoms with van der Waals surface area (Å²) < 4.78 is 37.3. The van der Waals surface area contributed by atoms with Gasteiger partial charge in [-0.25, -0.2) is 0 Å². The molecule has 0 spiro atoms. The average molecular weight is 319 g/mol. The van der Waals surface area contributed by atoms with Crippen molar-refractivity contribution in [2.45, 2.75) is 32.5 Å². The number of hydrogen-bond acceptors (Lipinski definition) is 1. The normalized spacial score (nSPS) is 12.3. The first-order valence-electron chi connectivity index (χ1n) is 5.33. The molecule has 103 valence electrons. The van der Waals surface area contributed by atoms with Gasteiger partial charge in [-0.3, -0.25) is 0 Å². The van der Waals surface area contributed by atoms with E-state index in [0.717, 1.165) is 12.6 Å². The van der Waals surface area contributed by atoms with Crippen molar-refractivity contribution >= 4 is 12.4 Å². The minimum absolute atomic E-state index is 0. The number of halogens is 4. The van der Waals surface area contributed by atoms with Crippen molar-refractivity contribution in [3.8, 4) is 0 Å². The van der Waals surface area contributed by atoms with Crippen LogP contribution in [0.5, 0.6) is 0 Å². The van der Waals surface area contributed by atoms with Crippen molar-refractivity contribution in [1.29, 1.82) is 0 Å². The molecule has 0 amide bonds. The van der Waals surface area contributed by atoms with Crippen LogP contribution in [0.2, 0.25) is 0 Å². The average Bonchev–Trinajstić information content (AvgIpc) is 2.17. The molecule has 6 heteroatoms. The zero-order valence-electron chi connectivity index (χ0n) is 10.3. The van der Waals surface area contributed by atoms with Gasteiger partial charge in [0.1, 0.15) is 0 Å². The first-order chi connectivity index (χ1) is 7.43. The minimum Gasteiger partial charge on any atom is -0.314 e. The molecule has 0 heterocycles. The van der Waals surface area contributed by atoms with Gasteiger partial charge in [0.25, 0.3) is 0 Å². The van der Waals surface area contributed by atoms with E-state index < -0.39 is 11.7 Å². The molecule has 0 fully saturated rings. The third-order valence-electron chi connectivity index (χ3n) is 2.35. The number of likely N-dealkylation sites (N-methyl/N-ethyl adjacent to an activating group) is 1. The van der Waals surface area contributed by atoms with Gasteiger partial charge in [-0.1, -0.05) is 25.1 Å². The van der Waals surface area contributed by atoms with Crippen LogP contribution in [0, 0.1) is 0 Å². The summed E-state index contributed by atoms with van der Waals surface area (Å²) in [5.74, 6) is 0. The van der Waals surface area contributed by atoms with Crippen LogP contribution in [0.25, 0.3) is 0 Å². The van der Waals surface area contributed by atoms with E-state index in [1.54, 1.807) is 6.07 Å². The van der Waals surface area contributed by atoms with Gasteiger partial charge >= 0.3 is 6.18 Å². The van der Waals surface area contributed by atoms with Gasteiger partial charge in [0.05, 0.1) is 5.56 Å². The fourth-order valence-corrected chi connectivity index (χ4v) is 1.65. The molecular formula is C12H17ClF3NV. The maximum atomic E-state index is 12.4. The van der Waals surface area contributed by atoms with Crippen molar-refractivity contribution < 1.29 is 31.7 Å². The smallest absolute Gasteiger partial charge is 0.314 e. The van der Waals surface area contributed by atoms with E-state index in [4.69, 9.17) is 0 Å². The number of benzene rings is 1. The van der Waals surface area contributed by atoms with Crippen molar-refractivity contribution in [2.75, 3.05) is 6.54 Å². The number of rotatable bonds is 4. The van der Waals surface area contributed by atoms with Gasteiger partial charge < -0.3 is 5.32 Å². The number of nitrogens with one attached hydrogen (secondary N) is 1. The molecule has 1 aromatic rings. The van der Waals surface area contributed by atoms with Crippen LogP contribution in [0.15, 0.2) is 24.3 Å². The molecule has 0 aliphatic rings. The first kappa shape index (κ1) is 20.2. The molecule has 0 bridgehead atoms. The fourth-order valence-electron chi connectivity index (χ4n) is 1.65. The molecule has 0 saturated carbocycles. The van der Waals surface area contributed by atoms with Gasteiger partial charge in [-0.05, 0) is 31.5 Å². The Balaban J connectivity index is 0. The quantitative estimate of drug-likeness (QED) is 0.893. The molecule has 1 radical (unpaired) electrons. The first-order valence-corrected chi connectivity index (χ1v) is 5.33. The summed E-state index contributed by atoms with van der Waals surface area (Å²) >= 11 is 0. The van der Waals surface area contributed by atoms with E-state index in [1.807, 2.05) is 13.8 Å². The zero-order valence-corrected chi connectivity index (χ0v) is 12.5. The molecule has 1 atom stereocenters. The fraction of sp³-hybridized carbons (Fsp3) is 0.500. The van der Waals surface area contributed by atoms with Gasteiger partial charge in [0.15, 0.2) is 0 Å². The Morgan fingerprint density at radius 1 is 1.28 bits per heavy atom. The summed E-state index contributed by atoms with van der Waals surface area (Å²) in [6.07, 6.45) is -3.64. The molecular weight excluding hydrogens is 302 g/mol. The third kappa shape index (κ3) is 6.69. The predicted molar refractivity (Wildman–Crippen MR) is 65.5 cm³/mol. The molecule has 0 aromatic heterocycles.